The van der Waals surface area contributed by atoms with Gasteiger partial charge in [0, 0.05) is 11.1 Å². The molecule has 146 valence electrons. The average molecular weight is 370 g/mol. The Morgan fingerprint density at radius 2 is 1.59 bits per heavy atom. The largest absolute Gasteiger partial charge is 0.423 e. The number of hydrogen-bond acceptors (Lipinski definition) is 4. The van der Waals surface area contributed by atoms with Gasteiger partial charge in [-0.15, -0.1) is 0 Å². The number of hydrogen-bond donors (Lipinski definition) is 1. The number of aliphatic hydroxyl groups is 1. The van der Waals surface area contributed by atoms with Crippen LogP contribution in [0.3, 0.4) is 0 Å². The molecule has 0 saturated heterocycles. The van der Waals surface area contributed by atoms with Crippen molar-refractivity contribution in [3.8, 4) is 5.75 Å². The Morgan fingerprint density at radius 3 is 2.15 bits per heavy atom. The fourth-order valence-electron chi connectivity index (χ4n) is 2.96. The second-order valence-electron chi connectivity index (χ2n) is 8.51. The third-order valence-electron chi connectivity index (χ3n) is 5.03. The molecule has 0 aliphatic heterocycles. The Kier molecular flexibility index (Phi) is 5.56. The highest BCUT2D eigenvalue weighted by Crippen LogP contribution is 2.42. The molecule has 0 aliphatic rings. The molecular weight excluding hydrogens is 340 g/mol. The molecule has 27 heavy (non-hydrogen) atoms. The van der Waals surface area contributed by atoms with E-state index in [1.54, 1.807) is 26.8 Å². The van der Waals surface area contributed by atoms with E-state index in [0.717, 1.165) is 16.3 Å². The molecule has 4 nitrogen and oxygen atoms in total. The maximum absolute atomic E-state index is 12.2. The minimum atomic E-state index is -1.07. The molecule has 0 bridgehead atoms. The fraction of sp³-hybridized carbons (Fsp3) is 0.435. The van der Waals surface area contributed by atoms with Gasteiger partial charge in [0.15, 0.2) is 0 Å². The lowest BCUT2D eigenvalue weighted by Crippen LogP contribution is -2.51. The molecule has 1 N–H and O–H groups in total. The van der Waals surface area contributed by atoms with E-state index in [2.05, 4.69) is 6.58 Å². The van der Waals surface area contributed by atoms with Gasteiger partial charge in [-0.3, -0.25) is 0 Å². The summed E-state index contributed by atoms with van der Waals surface area (Å²) in [6.07, 6.45) is 0. The fourth-order valence-corrected chi connectivity index (χ4v) is 2.96. The summed E-state index contributed by atoms with van der Waals surface area (Å²) in [7, 11) is 0. The molecule has 0 fully saturated rings. The smallest absolute Gasteiger partial charge is 0.338 e. The van der Waals surface area contributed by atoms with Crippen molar-refractivity contribution in [3.63, 3.8) is 0 Å². The van der Waals surface area contributed by atoms with Crippen LogP contribution in [0.15, 0.2) is 48.6 Å². The van der Waals surface area contributed by atoms with Crippen molar-refractivity contribution >= 4 is 16.7 Å². The molecular formula is C23H30O4. The maximum Gasteiger partial charge on any atom is 0.338 e. The summed E-state index contributed by atoms with van der Waals surface area (Å²) in [6, 6.07) is 11.6. The highest BCUT2D eigenvalue weighted by molar-refractivity contribution is 5.92. The number of ether oxygens (including phenoxy) is 2. The van der Waals surface area contributed by atoms with Crippen LogP contribution in [0.2, 0.25) is 0 Å². The van der Waals surface area contributed by atoms with Crippen molar-refractivity contribution in [3.05, 3.63) is 54.1 Å². The van der Waals surface area contributed by atoms with E-state index < -0.39 is 22.8 Å². The Labute approximate surface area is 161 Å². The van der Waals surface area contributed by atoms with E-state index in [4.69, 9.17) is 9.47 Å². The first-order chi connectivity index (χ1) is 12.3. The molecule has 0 heterocycles. The Morgan fingerprint density at radius 1 is 1.00 bits per heavy atom. The summed E-state index contributed by atoms with van der Waals surface area (Å²) in [4.78, 5) is 12.2. The topological polar surface area (TPSA) is 55.8 Å². The zero-order valence-electron chi connectivity index (χ0n) is 17.3. The minimum absolute atomic E-state index is 0.324. The Balaban J connectivity index is 2.66. The first-order valence-corrected chi connectivity index (χ1v) is 9.09. The lowest BCUT2D eigenvalue weighted by atomic mass is 9.86. The molecule has 0 spiro atoms. The second-order valence-corrected chi connectivity index (χ2v) is 8.51. The number of rotatable bonds is 6. The summed E-state index contributed by atoms with van der Waals surface area (Å²) >= 11 is 0. The molecule has 0 amide bonds. The number of carbonyl (C=O) groups is 1. The van der Waals surface area contributed by atoms with Crippen LogP contribution in [-0.2, 0) is 15.1 Å². The Hall–Kier alpha value is -2.17. The van der Waals surface area contributed by atoms with Crippen molar-refractivity contribution < 1.29 is 19.4 Å². The Bertz CT molecular complexity index is 870. The van der Waals surface area contributed by atoms with Crippen molar-refractivity contribution in [2.75, 3.05) is 0 Å². The maximum atomic E-state index is 12.2. The molecule has 0 radical (unpaired) electrons. The van der Waals surface area contributed by atoms with E-state index >= 15 is 0 Å². The molecule has 2 rings (SSSR count). The van der Waals surface area contributed by atoms with Crippen LogP contribution in [0, 0.1) is 0 Å². The molecule has 0 saturated carbocycles. The second kappa shape index (κ2) is 7.10. The summed E-state index contributed by atoms with van der Waals surface area (Å²) in [5, 5.41) is 12.5. The molecule has 2 aromatic carbocycles. The van der Waals surface area contributed by atoms with Crippen LogP contribution in [0.1, 0.15) is 54.0 Å². The van der Waals surface area contributed by atoms with Gasteiger partial charge < -0.3 is 14.6 Å². The number of carbonyl (C=O) groups excluding carboxylic acids is 1. The highest BCUT2D eigenvalue weighted by atomic mass is 16.5. The van der Waals surface area contributed by atoms with Crippen LogP contribution in [0.5, 0.6) is 5.75 Å². The third-order valence-corrected chi connectivity index (χ3v) is 5.03. The lowest BCUT2D eigenvalue weighted by molar-refractivity contribution is -0.207. The molecule has 0 aromatic heterocycles. The summed E-state index contributed by atoms with van der Waals surface area (Å²) in [5.74, 6) is -0.0534. The van der Waals surface area contributed by atoms with Crippen LogP contribution in [0.25, 0.3) is 10.8 Å². The summed E-state index contributed by atoms with van der Waals surface area (Å²) < 4.78 is 12.0. The normalized spacial score (nSPS) is 12.9. The van der Waals surface area contributed by atoms with Gasteiger partial charge in [0.25, 0.3) is 0 Å². The minimum Gasteiger partial charge on any atom is -0.423 e. The number of benzene rings is 2. The van der Waals surface area contributed by atoms with Gasteiger partial charge in [-0.1, -0.05) is 36.9 Å². The van der Waals surface area contributed by atoms with Gasteiger partial charge in [0.2, 0.25) is 0 Å². The monoisotopic (exact) mass is 370 g/mol. The first-order valence-electron chi connectivity index (χ1n) is 9.09. The molecule has 0 atom stereocenters. The van der Waals surface area contributed by atoms with Gasteiger partial charge >= 0.3 is 5.97 Å². The quantitative estimate of drug-likeness (QED) is 0.435. The zero-order valence-corrected chi connectivity index (χ0v) is 17.3. The molecule has 0 unspecified atom stereocenters. The van der Waals surface area contributed by atoms with Gasteiger partial charge in [-0.25, -0.2) is 4.79 Å². The van der Waals surface area contributed by atoms with Gasteiger partial charge in [0.1, 0.15) is 5.75 Å². The van der Waals surface area contributed by atoms with Crippen molar-refractivity contribution in [2.24, 2.45) is 0 Å². The third kappa shape index (κ3) is 4.40. The van der Waals surface area contributed by atoms with Crippen LogP contribution in [0.4, 0.5) is 0 Å². The molecule has 4 heteroatoms. The van der Waals surface area contributed by atoms with Crippen LogP contribution in [-0.4, -0.2) is 22.3 Å². The SMILES string of the molecule is C=C(C)C(=O)Oc1ccc2ccccc2c1C(C)(C)OC(C)(C)C(C)(C)O. The summed E-state index contributed by atoms with van der Waals surface area (Å²) in [5.41, 5.74) is -1.67. The molecule has 2 aromatic rings. The van der Waals surface area contributed by atoms with Gasteiger partial charge in [-0.2, -0.15) is 0 Å². The van der Waals surface area contributed by atoms with E-state index in [1.165, 1.54) is 0 Å². The van der Waals surface area contributed by atoms with Crippen LogP contribution < -0.4 is 4.74 Å². The van der Waals surface area contributed by atoms with Crippen molar-refractivity contribution in [1.29, 1.82) is 0 Å². The number of fused-ring (bicyclic) bond motifs is 1. The van der Waals surface area contributed by atoms with E-state index in [-0.39, 0.29) is 0 Å². The predicted molar refractivity (Wildman–Crippen MR) is 109 cm³/mol. The van der Waals surface area contributed by atoms with Gasteiger partial charge in [-0.05, 0) is 65.3 Å². The predicted octanol–water partition coefficient (Wildman–Crippen LogP) is 5.12. The average Bonchev–Trinajstić information content (AvgIpc) is 2.52. The molecule has 0 aliphatic carbocycles. The van der Waals surface area contributed by atoms with Crippen molar-refractivity contribution in [2.45, 2.75) is 65.3 Å². The van der Waals surface area contributed by atoms with E-state index in [9.17, 15) is 9.90 Å². The lowest BCUT2D eigenvalue weighted by Gasteiger charge is -2.44. The first kappa shape index (κ1) is 21.1. The standard InChI is InChI=1S/C23H30O4/c1-15(2)20(24)26-18-14-13-16-11-9-10-12-17(16)19(18)21(3,4)27-23(7,8)22(5,6)25/h9-14,25H,1H2,2-8H3. The van der Waals surface area contributed by atoms with Crippen LogP contribution >= 0.6 is 0 Å². The zero-order chi connectivity index (χ0) is 20.6. The van der Waals surface area contributed by atoms with E-state index in [0.29, 0.717) is 11.3 Å². The number of esters is 1. The van der Waals surface area contributed by atoms with E-state index in [1.807, 2.05) is 58.0 Å². The highest BCUT2D eigenvalue weighted by Gasteiger charge is 2.42. The van der Waals surface area contributed by atoms with Gasteiger partial charge in [0.05, 0.1) is 16.8 Å². The van der Waals surface area contributed by atoms with Crippen molar-refractivity contribution in [1.82, 2.24) is 0 Å². The summed E-state index contributed by atoms with van der Waals surface area (Å²) in [6.45, 7) is 16.2.